The molecule has 1 unspecified atom stereocenters. The van der Waals surface area contributed by atoms with Gasteiger partial charge in [-0.25, -0.2) is 14.2 Å². The number of carbonyl (C=O) groups is 1. The third kappa shape index (κ3) is 4.32. The van der Waals surface area contributed by atoms with Crippen molar-refractivity contribution in [1.82, 2.24) is 10.1 Å². The van der Waals surface area contributed by atoms with E-state index in [4.69, 9.17) is 12.2 Å². The molecule has 0 saturated carbocycles. The molecule has 1 aliphatic heterocycles. The van der Waals surface area contributed by atoms with Crippen molar-refractivity contribution in [3.05, 3.63) is 66.0 Å². The molecule has 1 saturated heterocycles. The predicted molar refractivity (Wildman–Crippen MR) is 113 cm³/mol. The summed E-state index contributed by atoms with van der Waals surface area (Å²) in [5.74, 6) is -0.428. The first-order chi connectivity index (χ1) is 13.3. The number of halogens is 1. The minimum Gasteiger partial charge on any atom is -0.306 e. The van der Waals surface area contributed by atoms with Crippen LogP contribution in [0, 0.1) is 5.82 Å². The van der Waals surface area contributed by atoms with Gasteiger partial charge in [-0.3, -0.25) is 5.21 Å². The van der Waals surface area contributed by atoms with Crippen LogP contribution in [0.1, 0.15) is 19.4 Å². The van der Waals surface area contributed by atoms with Gasteiger partial charge in [0.25, 0.3) is 0 Å². The maximum atomic E-state index is 13.9. The Kier molecular flexibility index (Phi) is 5.97. The summed E-state index contributed by atoms with van der Waals surface area (Å²) in [4.78, 5) is 12.5. The topological polar surface area (TPSA) is 68.2 Å². The number of hydrogen-bond acceptors (Lipinski definition) is 5. The lowest BCUT2D eigenvalue weighted by molar-refractivity contribution is -0.114. The lowest BCUT2D eigenvalue weighted by atomic mass is 10.1. The van der Waals surface area contributed by atoms with Gasteiger partial charge >= 0.3 is 6.03 Å². The molecule has 2 aromatic carbocycles. The van der Waals surface area contributed by atoms with Gasteiger partial charge in [0, 0.05) is 11.3 Å². The van der Waals surface area contributed by atoms with Crippen molar-refractivity contribution in [3.8, 4) is 0 Å². The molecule has 0 aliphatic carbocycles. The molecule has 0 radical (unpaired) electrons. The van der Waals surface area contributed by atoms with Gasteiger partial charge < -0.3 is 5.32 Å². The standard InChI is InChI=1S/C19H19FN4O2S2/c1-19(2)16(24(26)17(25)22-14-9-4-3-5-10-14)23(18(27)28-19)21-12-13-8-6-7-11-15(13)20/h3-12,16,26H,1-2H3,(H,22,25)/b21-12+. The molecule has 9 heteroatoms. The van der Waals surface area contributed by atoms with Gasteiger partial charge in [-0.1, -0.05) is 60.4 Å². The first-order valence-corrected chi connectivity index (χ1v) is 9.67. The second-order valence-electron chi connectivity index (χ2n) is 6.60. The number of para-hydroxylation sites is 1. The van der Waals surface area contributed by atoms with E-state index >= 15 is 0 Å². The van der Waals surface area contributed by atoms with Gasteiger partial charge in [-0.15, -0.1) is 0 Å². The Labute approximate surface area is 172 Å². The van der Waals surface area contributed by atoms with Crippen LogP contribution in [0.15, 0.2) is 59.7 Å². The summed E-state index contributed by atoms with van der Waals surface area (Å²) in [5, 5.41) is 19.4. The lowest BCUT2D eigenvalue weighted by Crippen LogP contribution is -2.54. The highest BCUT2D eigenvalue weighted by Gasteiger charge is 2.50. The number of thiocarbonyl (C=S) groups is 1. The molecule has 6 nitrogen and oxygen atoms in total. The number of carbonyl (C=O) groups excluding carboxylic acids is 1. The van der Waals surface area contributed by atoms with Crippen LogP contribution in [0.5, 0.6) is 0 Å². The van der Waals surface area contributed by atoms with Crippen LogP contribution in [0.3, 0.4) is 0 Å². The summed E-state index contributed by atoms with van der Waals surface area (Å²) in [6.45, 7) is 3.68. The third-order valence-corrected chi connectivity index (χ3v) is 5.62. The maximum absolute atomic E-state index is 13.9. The number of nitrogens with one attached hydrogen (secondary N) is 1. The van der Waals surface area contributed by atoms with Crippen LogP contribution in [0.4, 0.5) is 14.9 Å². The molecule has 2 amide bonds. The molecule has 146 valence electrons. The van der Waals surface area contributed by atoms with Gasteiger partial charge in [0.05, 0.1) is 11.0 Å². The molecule has 0 aromatic heterocycles. The van der Waals surface area contributed by atoms with Crippen molar-refractivity contribution in [2.24, 2.45) is 5.10 Å². The molecule has 0 spiro atoms. The Morgan fingerprint density at radius 2 is 1.93 bits per heavy atom. The fraction of sp³-hybridized carbons (Fsp3) is 0.211. The van der Waals surface area contributed by atoms with E-state index in [-0.39, 0.29) is 5.56 Å². The Morgan fingerprint density at radius 1 is 1.29 bits per heavy atom. The van der Waals surface area contributed by atoms with Crippen molar-refractivity contribution in [1.29, 1.82) is 0 Å². The lowest BCUT2D eigenvalue weighted by Gasteiger charge is -2.34. The number of thioether (sulfide) groups is 1. The van der Waals surface area contributed by atoms with E-state index in [0.717, 1.165) is 0 Å². The largest absolute Gasteiger partial charge is 0.347 e. The normalized spacial score (nSPS) is 18.5. The van der Waals surface area contributed by atoms with E-state index in [9.17, 15) is 14.4 Å². The minimum atomic E-state index is -0.878. The fourth-order valence-corrected chi connectivity index (χ4v) is 4.53. The van der Waals surface area contributed by atoms with Crippen LogP contribution in [-0.4, -0.2) is 42.8 Å². The number of urea groups is 1. The first kappa shape index (κ1) is 20.2. The number of anilines is 1. The maximum Gasteiger partial charge on any atom is 0.347 e. The Bertz CT molecular complexity index is 908. The zero-order valence-corrected chi connectivity index (χ0v) is 16.9. The molecule has 1 aliphatic rings. The highest BCUT2D eigenvalue weighted by atomic mass is 32.2. The highest BCUT2D eigenvalue weighted by Crippen LogP contribution is 2.42. The molecule has 2 N–H and O–H groups in total. The van der Waals surface area contributed by atoms with Crippen molar-refractivity contribution in [2.45, 2.75) is 24.8 Å². The van der Waals surface area contributed by atoms with E-state index < -0.39 is 22.8 Å². The summed E-state index contributed by atoms with van der Waals surface area (Å²) >= 11 is 6.66. The van der Waals surface area contributed by atoms with Crippen LogP contribution >= 0.6 is 24.0 Å². The van der Waals surface area contributed by atoms with Gasteiger partial charge in [0.2, 0.25) is 0 Å². The van der Waals surface area contributed by atoms with Gasteiger partial charge in [-0.05, 0) is 32.0 Å². The van der Waals surface area contributed by atoms with E-state index in [1.54, 1.807) is 42.5 Å². The van der Waals surface area contributed by atoms with E-state index in [1.165, 1.54) is 29.1 Å². The van der Waals surface area contributed by atoms with Crippen molar-refractivity contribution in [3.63, 3.8) is 0 Å². The van der Waals surface area contributed by atoms with Crippen molar-refractivity contribution in [2.75, 3.05) is 5.32 Å². The quantitative estimate of drug-likeness (QED) is 0.331. The molecule has 1 heterocycles. The molecule has 28 heavy (non-hydrogen) atoms. The molecule has 1 fully saturated rings. The van der Waals surface area contributed by atoms with E-state index in [1.807, 2.05) is 19.9 Å². The Hall–Kier alpha value is -2.49. The number of hydrazone groups is 1. The number of nitrogens with zero attached hydrogens (tertiary/aromatic N) is 3. The number of hydroxylamine groups is 2. The molecular weight excluding hydrogens is 399 g/mol. The zero-order chi connectivity index (χ0) is 20.3. The SMILES string of the molecule is CC1(C)SC(=S)N(/N=C/c2ccccc2F)C1N(O)C(=O)Nc1ccccc1. The summed E-state index contributed by atoms with van der Waals surface area (Å²) in [5.41, 5.74) is 0.816. The average Bonchev–Trinajstić information content (AvgIpc) is 2.89. The Balaban J connectivity index is 1.84. The minimum absolute atomic E-state index is 0.275. The zero-order valence-electron chi connectivity index (χ0n) is 15.2. The third-order valence-electron chi connectivity index (χ3n) is 4.08. The highest BCUT2D eigenvalue weighted by molar-refractivity contribution is 8.24. The number of amides is 2. The van der Waals surface area contributed by atoms with Crippen molar-refractivity contribution < 1.29 is 14.4 Å². The first-order valence-electron chi connectivity index (χ1n) is 8.44. The monoisotopic (exact) mass is 418 g/mol. The van der Waals surface area contributed by atoms with Gasteiger partial charge in [0.1, 0.15) is 5.82 Å². The molecule has 1 atom stereocenters. The number of hydrogen-bond donors (Lipinski definition) is 2. The molecular formula is C19H19FN4O2S2. The molecule has 2 aromatic rings. The second-order valence-corrected chi connectivity index (χ2v) is 8.88. The summed E-state index contributed by atoms with van der Waals surface area (Å²) < 4.78 is 13.6. The van der Waals surface area contributed by atoms with Crippen LogP contribution in [0.2, 0.25) is 0 Å². The summed E-state index contributed by atoms with van der Waals surface area (Å²) in [6.07, 6.45) is 0.441. The smallest absolute Gasteiger partial charge is 0.306 e. The fourth-order valence-electron chi connectivity index (χ4n) is 2.74. The molecule has 3 rings (SSSR count). The van der Waals surface area contributed by atoms with E-state index in [2.05, 4.69) is 10.4 Å². The predicted octanol–water partition coefficient (Wildman–Crippen LogP) is 4.52. The van der Waals surface area contributed by atoms with Crippen LogP contribution < -0.4 is 5.32 Å². The van der Waals surface area contributed by atoms with Crippen molar-refractivity contribution >= 4 is 46.2 Å². The summed E-state index contributed by atoms with van der Waals surface area (Å²) in [6, 6.07) is 14.2. The van der Waals surface area contributed by atoms with Crippen LogP contribution in [0.25, 0.3) is 0 Å². The molecule has 0 bridgehead atoms. The Morgan fingerprint density at radius 3 is 2.61 bits per heavy atom. The van der Waals surface area contributed by atoms with Gasteiger partial charge in [0.15, 0.2) is 10.5 Å². The van der Waals surface area contributed by atoms with Gasteiger partial charge in [-0.2, -0.15) is 10.2 Å². The number of rotatable bonds is 4. The van der Waals surface area contributed by atoms with Crippen LogP contribution in [-0.2, 0) is 0 Å². The second kappa shape index (κ2) is 8.26. The summed E-state index contributed by atoms with van der Waals surface area (Å²) in [7, 11) is 0. The number of benzene rings is 2. The van der Waals surface area contributed by atoms with E-state index in [0.29, 0.717) is 15.1 Å². The average molecular weight is 419 g/mol.